The van der Waals surface area contributed by atoms with Crippen LogP contribution in [0.4, 0.5) is 0 Å². The predicted octanol–water partition coefficient (Wildman–Crippen LogP) is 0.989. The molecule has 8 heteroatoms. The van der Waals surface area contributed by atoms with Gasteiger partial charge in [0.05, 0.1) is 0 Å². The first kappa shape index (κ1) is 19.8. The molecule has 2 fully saturated rings. The van der Waals surface area contributed by atoms with Crippen LogP contribution < -0.4 is 10.6 Å². The number of amides is 3. The topological polar surface area (TPSA) is 94.6 Å². The van der Waals surface area contributed by atoms with E-state index in [9.17, 15) is 14.4 Å². The molecule has 3 aliphatic rings. The molecule has 2 atom stereocenters. The van der Waals surface area contributed by atoms with Crippen LogP contribution in [-0.2, 0) is 22.7 Å². The molecule has 2 aromatic rings. The number of aromatic nitrogens is 1. The number of hydrogen-bond acceptors (Lipinski definition) is 6. The number of piperazine rings is 1. The number of fused-ring (bicyclic) bond motifs is 1. The minimum Gasteiger partial charge on any atom is -0.322 e. The van der Waals surface area contributed by atoms with Gasteiger partial charge in [0.1, 0.15) is 6.04 Å². The SMILES string of the molecule is O=C1CCC(N2Cc3cc(CN4CCNC(c5cccnc5)C4)ccc3C2=O)C(=O)N1. The van der Waals surface area contributed by atoms with Crippen LogP contribution in [0.5, 0.6) is 0 Å². The summed E-state index contributed by atoms with van der Waals surface area (Å²) < 4.78 is 0. The highest BCUT2D eigenvalue weighted by Crippen LogP contribution is 2.29. The van der Waals surface area contributed by atoms with Crippen LogP contribution in [0.1, 0.15) is 45.9 Å². The molecule has 1 aromatic carbocycles. The number of carbonyl (C=O) groups excluding carboxylic acids is 3. The summed E-state index contributed by atoms with van der Waals surface area (Å²) in [5.41, 5.74) is 3.95. The Labute approximate surface area is 180 Å². The third-order valence-electron chi connectivity index (χ3n) is 6.34. The zero-order valence-electron chi connectivity index (χ0n) is 17.2. The molecule has 0 radical (unpaired) electrons. The summed E-state index contributed by atoms with van der Waals surface area (Å²) in [7, 11) is 0. The van der Waals surface area contributed by atoms with Crippen molar-refractivity contribution in [3.8, 4) is 0 Å². The van der Waals surface area contributed by atoms with Crippen LogP contribution in [0.25, 0.3) is 0 Å². The Morgan fingerprint density at radius 3 is 2.87 bits per heavy atom. The third-order valence-corrected chi connectivity index (χ3v) is 6.34. The number of pyridine rings is 1. The molecule has 3 amide bonds. The van der Waals surface area contributed by atoms with Gasteiger partial charge in [-0.2, -0.15) is 0 Å². The molecular weight excluding hydrogens is 394 g/mol. The number of nitrogens with zero attached hydrogens (tertiary/aromatic N) is 3. The number of carbonyl (C=O) groups is 3. The van der Waals surface area contributed by atoms with Crippen molar-refractivity contribution in [2.45, 2.75) is 38.0 Å². The van der Waals surface area contributed by atoms with Crippen LogP contribution in [0.3, 0.4) is 0 Å². The van der Waals surface area contributed by atoms with Crippen molar-refractivity contribution in [3.63, 3.8) is 0 Å². The maximum Gasteiger partial charge on any atom is 0.255 e. The summed E-state index contributed by atoms with van der Waals surface area (Å²) in [5.74, 6) is -0.775. The van der Waals surface area contributed by atoms with Gasteiger partial charge in [-0.15, -0.1) is 0 Å². The Morgan fingerprint density at radius 1 is 1.16 bits per heavy atom. The van der Waals surface area contributed by atoms with Gasteiger partial charge in [0.2, 0.25) is 11.8 Å². The van der Waals surface area contributed by atoms with Gasteiger partial charge in [-0.05, 0) is 35.2 Å². The fraction of sp³-hybridized carbons (Fsp3) is 0.391. The zero-order chi connectivity index (χ0) is 21.4. The lowest BCUT2D eigenvalue weighted by Crippen LogP contribution is -2.52. The fourth-order valence-corrected chi connectivity index (χ4v) is 4.74. The summed E-state index contributed by atoms with van der Waals surface area (Å²) in [6.45, 7) is 3.97. The normalized spacial score (nSPS) is 24.3. The van der Waals surface area contributed by atoms with E-state index in [1.54, 1.807) is 11.1 Å². The zero-order valence-corrected chi connectivity index (χ0v) is 17.2. The van der Waals surface area contributed by atoms with Gasteiger partial charge >= 0.3 is 0 Å². The summed E-state index contributed by atoms with van der Waals surface area (Å²) in [4.78, 5) is 44.7. The molecule has 1 aromatic heterocycles. The molecule has 8 nitrogen and oxygen atoms in total. The van der Waals surface area contributed by atoms with Crippen LogP contribution in [0, 0.1) is 0 Å². The van der Waals surface area contributed by atoms with Crippen molar-refractivity contribution in [2.75, 3.05) is 19.6 Å². The van der Waals surface area contributed by atoms with Crippen molar-refractivity contribution in [2.24, 2.45) is 0 Å². The number of rotatable bonds is 4. The smallest absolute Gasteiger partial charge is 0.255 e. The average molecular weight is 419 g/mol. The fourth-order valence-electron chi connectivity index (χ4n) is 4.74. The van der Waals surface area contributed by atoms with Crippen molar-refractivity contribution in [1.82, 2.24) is 25.4 Å². The Hall–Kier alpha value is -3.10. The molecule has 0 spiro atoms. The Balaban J connectivity index is 1.27. The molecule has 5 rings (SSSR count). The van der Waals surface area contributed by atoms with Crippen molar-refractivity contribution >= 4 is 17.7 Å². The van der Waals surface area contributed by atoms with Crippen LogP contribution >= 0.6 is 0 Å². The summed E-state index contributed by atoms with van der Waals surface area (Å²) in [5, 5.41) is 5.90. The second-order valence-electron chi connectivity index (χ2n) is 8.42. The Morgan fingerprint density at radius 2 is 2.06 bits per heavy atom. The van der Waals surface area contributed by atoms with Crippen LogP contribution in [0.2, 0.25) is 0 Å². The van der Waals surface area contributed by atoms with Gasteiger partial charge in [-0.1, -0.05) is 18.2 Å². The molecular formula is C23H25N5O3. The molecule has 160 valence electrons. The van der Waals surface area contributed by atoms with Crippen molar-refractivity contribution in [3.05, 3.63) is 65.0 Å². The number of nitrogens with one attached hydrogen (secondary N) is 2. The molecule has 2 N–H and O–H groups in total. The standard InChI is InChI=1S/C23H25N5O3/c29-21-6-5-20(22(30)26-21)28-13-17-10-15(3-4-18(17)23(28)31)12-27-9-8-25-19(14-27)16-2-1-7-24-11-16/h1-4,7,10-11,19-20,25H,5-6,8-9,12-14H2,(H,26,29,30). The molecule has 2 saturated heterocycles. The first-order valence-electron chi connectivity index (χ1n) is 10.7. The Kier molecular flexibility index (Phi) is 5.25. The lowest BCUT2D eigenvalue weighted by atomic mass is 10.0. The maximum absolute atomic E-state index is 12.9. The summed E-state index contributed by atoms with van der Waals surface area (Å²) in [6.07, 6.45) is 4.34. The van der Waals surface area contributed by atoms with Gasteiger partial charge in [0.25, 0.3) is 5.91 Å². The van der Waals surface area contributed by atoms with E-state index in [-0.39, 0.29) is 30.2 Å². The Bertz CT molecular complexity index is 1030. The minimum absolute atomic E-state index is 0.130. The van der Waals surface area contributed by atoms with E-state index < -0.39 is 6.04 Å². The monoisotopic (exact) mass is 419 g/mol. The van der Waals surface area contributed by atoms with E-state index in [0.717, 1.165) is 37.3 Å². The average Bonchev–Trinajstić information content (AvgIpc) is 3.10. The first-order chi connectivity index (χ1) is 15.1. The van der Waals surface area contributed by atoms with Crippen LogP contribution in [-0.4, -0.2) is 58.2 Å². The first-order valence-corrected chi connectivity index (χ1v) is 10.7. The molecule has 2 unspecified atom stereocenters. The molecule has 3 aliphatic heterocycles. The van der Waals surface area contributed by atoms with E-state index in [4.69, 9.17) is 0 Å². The van der Waals surface area contributed by atoms with Gasteiger partial charge in [-0.25, -0.2) is 0 Å². The second kappa shape index (κ2) is 8.20. The quantitative estimate of drug-likeness (QED) is 0.718. The van der Waals surface area contributed by atoms with E-state index in [2.05, 4.69) is 32.7 Å². The molecule has 0 bridgehead atoms. The summed E-state index contributed by atoms with van der Waals surface area (Å²) in [6, 6.07) is 9.70. The van der Waals surface area contributed by atoms with E-state index in [1.165, 1.54) is 5.56 Å². The molecule has 0 saturated carbocycles. The van der Waals surface area contributed by atoms with E-state index >= 15 is 0 Å². The van der Waals surface area contributed by atoms with Crippen molar-refractivity contribution < 1.29 is 14.4 Å². The van der Waals surface area contributed by atoms with Gasteiger partial charge < -0.3 is 10.2 Å². The number of imide groups is 1. The maximum atomic E-state index is 12.9. The third kappa shape index (κ3) is 3.96. The molecule has 0 aliphatic carbocycles. The van der Waals surface area contributed by atoms with Gasteiger partial charge in [-0.3, -0.25) is 29.6 Å². The van der Waals surface area contributed by atoms with Gasteiger partial charge in [0, 0.05) is 63.1 Å². The summed E-state index contributed by atoms with van der Waals surface area (Å²) >= 11 is 0. The van der Waals surface area contributed by atoms with Gasteiger partial charge in [0.15, 0.2) is 0 Å². The van der Waals surface area contributed by atoms with E-state index in [1.807, 2.05) is 24.4 Å². The predicted molar refractivity (Wildman–Crippen MR) is 113 cm³/mol. The van der Waals surface area contributed by atoms with Crippen LogP contribution in [0.15, 0.2) is 42.7 Å². The largest absolute Gasteiger partial charge is 0.322 e. The number of hydrogen-bond donors (Lipinski definition) is 2. The lowest BCUT2D eigenvalue weighted by molar-refractivity contribution is -0.136. The minimum atomic E-state index is -0.575. The highest BCUT2D eigenvalue weighted by molar-refractivity contribution is 6.05. The van der Waals surface area contributed by atoms with E-state index in [0.29, 0.717) is 18.5 Å². The molecule has 4 heterocycles. The highest BCUT2D eigenvalue weighted by Gasteiger charge is 2.39. The highest BCUT2D eigenvalue weighted by atomic mass is 16.2. The lowest BCUT2D eigenvalue weighted by Gasteiger charge is -2.34. The second-order valence-corrected chi connectivity index (χ2v) is 8.42. The number of piperidine rings is 1. The number of benzene rings is 1. The molecule has 31 heavy (non-hydrogen) atoms. The van der Waals surface area contributed by atoms with Crippen molar-refractivity contribution in [1.29, 1.82) is 0 Å².